The van der Waals surface area contributed by atoms with Crippen molar-refractivity contribution < 1.29 is 17.2 Å². The highest BCUT2D eigenvalue weighted by Gasteiger charge is 2.33. The minimum atomic E-state index is -3.82. The number of rotatable bonds is 5. The van der Waals surface area contributed by atoms with Gasteiger partial charge in [0.05, 0.1) is 27.5 Å². The molecule has 4 rings (SSSR count). The lowest BCUT2D eigenvalue weighted by molar-refractivity contribution is 0.0616. The Bertz CT molecular complexity index is 1240. The second kappa shape index (κ2) is 8.34. The molecule has 0 amide bonds. The molecule has 1 atom stereocenters. The number of benzene rings is 2. The van der Waals surface area contributed by atoms with Crippen LogP contribution in [0.15, 0.2) is 53.4 Å². The van der Waals surface area contributed by atoms with E-state index in [0.29, 0.717) is 24.1 Å². The van der Waals surface area contributed by atoms with E-state index in [4.69, 9.17) is 0 Å². The van der Waals surface area contributed by atoms with E-state index >= 15 is 0 Å². The molecule has 3 aromatic rings. The highest BCUT2D eigenvalue weighted by atomic mass is 32.2. The zero-order chi connectivity index (χ0) is 22.2. The maximum atomic E-state index is 13.8. The summed E-state index contributed by atoms with van der Waals surface area (Å²) in [5.41, 5.74) is 0.969. The summed E-state index contributed by atoms with van der Waals surface area (Å²) in [6.07, 6.45) is 0. The number of imidazole rings is 1. The van der Waals surface area contributed by atoms with Gasteiger partial charge in [-0.2, -0.15) is 18.3 Å². The number of alkyl halides is 2. The third-order valence-electron chi connectivity index (χ3n) is 5.64. The van der Waals surface area contributed by atoms with Gasteiger partial charge in [-0.15, -0.1) is 0 Å². The van der Waals surface area contributed by atoms with Gasteiger partial charge in [-0.3, -0.25) is 9.47 Å². The molecule has 1 aliphatic heterocycles. The highest BCUT2D eigenvalue weighted by Crippen LogP contribution is 2.30. The molecule has 0 aliphatic carbocycles. The minimum absolute atomic E-state index is 0.0153. The van der Waals surface area contributed by atoms with Crippen molar-refractivity contribution in [2.45, 2.75) is 24.4 Å². The molecule has 1 saturated heterocycles. The van der Waals surface area contributed by atoms with Crippen molar-refractivity contribution in [2.75, 3.05) is 26.2 Å². The number of piperazine rings is 1. The number of nitriles is 1. The van der Waals surface area contributed by atoms with E-state index in [1.807, 2.05) is 11.0 Å². The van der Waals surface area contributed by atoms with E-state index < -0.39 is 22.6 Å². The molecule has 0 N–H and O–H groups in total. The molecule has 0 saturated carbocycles. The average Bonchev–Trinajstić information content (AvgIpc) is 3.18. The Labute approximate surface area is 179 Å². The zero-order valence-electron chi connectivity index (χ0n) is 16.8. The SMILES string of the molecule is C[C@@H](c1nc2ccccc2n1C(F)F)N1CCN(S(=O)(=O)c2ccccc2C#N)CC1. The molecule has 1 aromatic heterocycles. The molecule has 0 radical (unpaired) electrons. The first-order valence-corrected chi connectivity index (χ1v) is 11.3. The second-order valence-electron chi connectivity index (χ2n) is 7.33. The summed E-state index contributed by atoms with van der Waals surface area (Å²) < 4.78 is 55.9. The molecule has 0 bridgehead atoms. The van der Waals surface area contributed by atoms with Crippen LogP contribution in [0, 0.1) is 11.3 Å². The Morgan fingerprint density at radius 2 is 1.68 bits per heavy atom. The summed E-state index contributed by atoms with van der Waals surface area (Å²) in [6.45, 7) is 0.190. The van der Waals surface area contributed by atoms with Crippen molar-refractivity contribution in [1.82, 2.24) is 18.8 Å². The predicted octanol–water partition coefficient (Wildman–Crippen LogP) is 3.37. The van der Waals surface area contributed by atoms with Crippen LogP contribution in [0.1, 0.15) is 30.9 Å². The number of fused-ring (bicyclic) bond motifs is 1. The van der Waals surface area contributed by atoms with Crippen LogP contribution in [0.5, 0.6) is 0 Å². The maximum Gasteiger partial charge on any atom is 0.320 e. The first-order valence-electron chi connectivity index (χ1n) is 9.83. The van der Waals surface area contributed by atoms with E-state index in [1.54, 1.807) is 43.3 Å². The van der Waals surface area contributed by atoms with Crippen molar-refractivity contribution in [2.24, 2.45) is 0 Å². The van der Waals surface area contributed by atoms with E-state index in [1.165, 1.54) is 16.4 Å². The quantitative estimate of drug-likeness (QED) is 0.601. The van der Waals surface area contributed by atoms with E-state index in [9.17, 15) is 22.5 Å². The van der Waals surface area contributed by atoms with Gasteiger partial charge in [0.15, 0.2) is 0 Å². The lowest BCUT2D eigenvalue weighted by Crippen LogP contribution is -2.49. The van der Waals surface area contributed by atoms with E-state index in [0.717, 1.165) is 4.57 Å². The minimum Gasteiger partial charge on any atom is -0.291 e. The lowest BCUT2D eigenvalue weighted by Gasteiger charge is -2.37. The molecule has 2 aromatic carbocycles. The monoisotopic (exact) mass is 445 g/mol. The molecule has 10 heteroatoms. The fraction of sp³-hybridized carbons (Fsp3) is 0.333. The predicted molar refractivity (Wildman–Crippen MR) is 111 cm³/mol. The fourth-order valence-electron chi connectivity index (χ4n) is 3.98. The molecule has 31 heavy (non-hydrogen) atoms. The third-order valence-corrected chi connectivity index (χ3v) is 7.60. The molecule has 0 unspecified atom stereocenters. The van der Waals surface area contributed by atoms with Gasteiger partial charge in [-0.05, 0) is 31.2 Å². The molecule has 1 fully saturated rings. The summed E-state index contributed by atoms with van der Waals surface area (Å²) in [6, 6.07) is 14.4. The number of para-hydroxylation sites is 2. The largest absolute Gasteiger partial charge is 0.320 e. The van der Waals surface area contributed by atoms with Crippen molar-refractivity contribution in [3.8, 4) is 6.07 Å². The smallest absolute Gasteiger partial charge is 0.291 e. The average molecular weight is 445 g/mol. The topological polar surface area (TPSA) is 82.2 Å². The summed E-state index contributed by atoms with van der Waals surface area (Å²) in [5, 5.41) is 9.24. The van der Waals surface area contributed by atoms with Crippen molar-refractivity contribution >= 4 is 21.1 Å². The molecular weight excluding hydrogens is 424 g/mol. The van der Waals surface area contributed by atoms with E-state index in [-0.39, 0.29) is 29.4 Å². The Balaban J connectivity index is 1.55. The Hall–Kier alpha value is -2.87. The van der Waals surface area contributed by atoms with Crippen molar-refractivity contribution in [3.05, 3.63) is 59.9 Å². The summed E-state index contributed by atoms with van der Waals surface area (Å²) >= 11 is 0. The van der Waals surface area contributed by atoms with Gasteiger partial charge in [-0.25, -0.2) is 13.4 Å². The van der Waals surface area contributed by atoms with Gasteiger partial charge in [-0.1, -0.05) is 24.3 Å². The molecule has 0 spiro atoms. The number of halogens is 2. The van der Waals surface area contributed by atoms with Gasteiger partial charge in [0.25, 0.3) is 0 Å². The molecule has 2 heterocycles. The Morgan fingerprint density at radius 3 is 2.35 bits per heavy atom. The molecule has 162 valence electrons. The van der Waals surface area contributed by atoms with Crippen LogP contribution in [0.3, 0.4) is 0 Å². The van der Waals surface area contributed by atoms with Gasteiger partial charge < -0.3 is 0 Å². The van der Waals surface area contributed by atoms with E-state index in [2.05, 4.69) is 4.98 Å². The number of sulfonamides is 1. The number of hydrogen-bond acceptors (Lipinski definition) is 5. The normalized spacial score (nSPS) is 17.1. The van der Waals surface area contributed by atoms with Crippen LogP contribution >= 0.6 is 0 Å². The number of nitrogens with zero attached hydrogens (tertiary/aromatic N) is 5. The standard InChI is InChI=1S/C21H21F2N5O2S/c1-15(20-25-17-7-3-4-8-18(17)28(20)21(22)23)26-10-12-27(13-11-26)31(29,30)19-9-5-2-6-16(19)14-24/h2-9,15,21H,10-13H2,1H3/t15-/m0/s1. The van der Waals surface area contributed by atoms with Crippen molar-refractivity contribution in [3.63, 3.8) is 0 Å². The highest BCUT2D eigenvalue weighted by molar-refractivity contribution is 7.89. The number of aromatic nitrogens is 2. The van der Waals surface area contributed by atoms with Gasteiger partial charge in [0, 0.05) is 26.2 Å². The van der Waals surface area contributed by atoms with Crippen LogP contribution in [-0.2, 0) is 10.0 Å². The maximum absolute atomic E-state index is 13.8. The second-order valence-corrected chi connectivity index (χ2v) is 9.24. The van der Waals surface area contributed by atoms with Crippen LogP contribution in [0.2, 0.25) is 0 Å². The molecular formula is C21H21F2N5O2S. The lowest BCUT2D eigenvalue weighted by atomic mass is 10.2. The fourth-order valence-corrected chi connectivity index (χ4v) is 5.54. The summed E-state index contributed by atoms with van der Waals surface area (Å²) in [7, 11) is -3.82. The third kappa shape index (κ3) is 3.80. The number of hydrogen-bond donors (Lipinski definition) is 0. The van der Waals surface area contributed by atoms with Crippen LogP contribution in [-0.4, -0.2) is 53.4 Å². The zero-order valence-corrected chi connectivity index (χ0v) is 17.6. The van der Waals surface area contributed by atoms with Crippen molar-refractivity contribution in [1.29, 1.82) is 5.26 Å². The molecule has 1 aliphatic rings. The molecule has 7 nitrogen and oxygen atoms in total. The first kappa shape index (κ1) is 21.4. The Morgan fingerprint density at radius 1 is 1.03 bits per heavy atom. The van der Waals surface area contributed by atoms with Crippen LogP contribution in [0.4, 0.5) is 8.78 Å². The van der Waals surface area contributed by atoms with Crippen LogP contribution < -0.4 is 0 Å². The van der Waals surface area contributed by atoms with Gasteiger partial charge >= 0.3 is 6.55 Å². The van der Waals surface area contributed by atoms with Gasteiger partial charge in [0.1, 0.15) is 11.9 Å². The Kier molecular flexibility index (Phi) is 5.75. The van der Waals surface area contributed by atoms with Gasteiger partial charge in [0.2, 0.25) is 10.0 Å². The van der Waals surface area contributed by atoms with Crippen LogP contribution in [0.25, 0.3) is 11.0 Å². The summed E-state index contributed by atoms with van der Waals surface area (Å²) in [5.74, 6) is 0.252. The summed E-state index contributed by atoms with van der Waals surface area (Å²) in [4.78, 5) is 6.35. The first-order chi connectivity index (χ1) is 14.8.